The first-order valence-electron chi connectivity index (χ1n) is 7.80. The molecule has 6 heteroatoms. The highest BCUT2D eigenvalue weighted by molar-refractivity contribution is 6.28. The van der Waals surface area contributed by atoms with E-state index >= 15 is 0 Å². The minimum absolute atomic E-state index is 0.0425. The molecule has 1 unspecified atom stereocenters. The van der Waals surface area contributed by atoms with Crippen LogP contribution >= 0.6 is 0 Å². The molecule has 0 amide bonds. The number of carbonyl (C=O) groups excluding carboxylic acids is 2. The number of Topliss-reactive ketones (excluding diaryl/α,β-unsaturated/α-hetero) is 1. The van der Waals surface area contributed by atoms with Crippen LogP contribution in [0.3, 0.4) is 0 Å². The quantitative estimate of drug-likeness (QED) is 0.359. The number of carbonyl (C=O) groups is 2. The van der Waals surface area contributed by atoms with Crippen LogP contribution in [-0.2, 0) is 9.59 Å². The normalized spacial score (nSPS) is 16.2. The maximum atomic E-state index is 12.8. The number of piperidine rings is 1. The molecule has 6 nitrogen and oxygen atoms in total. The molecule has 1 atom stereocenters. The molecule has 0 bridgehead atoms. The second kappa shape index (κ2) is 7.79. The van der Waals surface area contributed by atoms with Crippen molar-refractivity contribution in [1.82, 2.24) is 5.32 Å². The highest BCUT2D eigenvalue weighted by Crippen LogP contribution is 2.29. The van der Waals surface area contributed by atoms with Gasteiger partial charge >= 0.3 is 0 Å². The van der Waals surface area contributed by atoms with Crippen molar-refractivity contribution in [1.29, 1.82) is 0 Å². The van der Waals surface area contributed by atoms with Crippen molar-refractivity contribution in [3.8, 4) is 0 Å². The molecule has 1 aliphatic heterocycles. The van der Waals surface area contributed by atoms with Crippen LogP contribution in [0.5, 0.6) is 0 Å². The molecule has 1 aromatic rings. The van der Waals surface area contributed by atoms with Crippen molar-refractivity contribution >= 4 is 22.8 Å². The van der Waals surface area contributed by atoms with Crippen molar-refractivity contribution < 1.29 is 14.5 Å². The van der Waals surface area contributed by atoms with Crippen molar-refractivity contribution in [2.45, 2.75) is 12.8 Å². The molecule has 1 heterocycles. The Balaban J connectivity index is 2.24. The summed E-state index contributed by atoms with van der Waals surface area (Å²) in [6.07, 6.45) is 2.67. The Hall–Kier alpha value is -2.60. The summed E-state index contributed by atoms with van der Waals surface area (Å²) >= 11 is 0. The van der Waals surface area contributed by atoms with Gasteiger partial charge in [0.2, 0.25) is 0 Å². The molecule has 0 aromatic heterocycles. The monoisotopic (exact) mass is 328 g/mol. The molecule has 0 aliphatic carbocycles. The van der Waals surface area contributed by atoms with Gasteiger partial charge in [-0.25, -0.2) is 0 Å². The third-order valence-corrected chi connectivity index (χ3v) is 4.37. The zero-order valence-corrected chi connectivity index (χ0v) is 13.4. The van der Waals surface area contributed by atoms with Gasteiger partial charge in [0.05, 0.1) is 10.8 Å². The molecule has 0 spiro atoms. The van der Waals surface area contributed by atoms with E-state index in [4.69, 9.17) is 0 Å². The summed E-state index contributed by atoms with van der Waals surface area (Å²) in [6, 6.07) is 5.61. The maximum absolute atomic E-state index is 12.8. The van der Waals surface area contributed by atoms with Crippen molar-refractivity contribution in [2.75, 3.05) is 13.1 Å². The summed E-state index contributed by atoms with van der Waals surface area (Å²) in [5.74, 6) is -1.46. The minimum Gasteiger partial charge on any atom is -0.317 e. The lowest BCUT2D eigenvalue weighted by Crippen LogP contribution is -2.38. The number of nitrogens with one attached hydrogen (secondary N) is 1. The fraction of sp³-hybridized carbons (Fsp3) is 0.333. The van der Waals surface area contributed by atoms with Crippen LogP contribution in [0.2, 0.25) is 0 Å². The third-order valence-electron chi connectivity index (χ3n) is 4.37. The van der Waals surface area contributed by atoms with Gasteiger partial charge in [0.1, 0.15) is 0 Å². The second-order valence-electron chi connectivity index (χ2n) is 5.82. The number of non-ortho nitro benzene ring substituents is 1. The topological polar surface area (TPSA) is 89.3 Å². The molecular weight excluding hydrogens is 308 g/mol. The average molecular weight is 328 g/mol. The Morgan fingerprint density at radius 3 is 2.33 bits per heavy atom. The lowest BCUT2D eigenvalue weighted by Gasteiger charge is -2.28. The Kier molecular flexibility index (Phi) is 5.76. The van der Waals surface area contributed by atoms with Gasteiger partial charge in [0.25, 0.3) is 5.69 Å². The van der Waals surface area contributed by atoms with E-state index in [1.54, 1.807) is 0 Å². The summed E-state index contributed by atoms with van der Waals surface area (Å²) in [6.45, 7) is 8.84. The molecule has 1 fully saturated rings. The number of nitro groups is 1. The van der Waals surface area contributed by atoms with Crippen LogP contribution in [0.25, 0.3) is 5.57 Å². The number of rotatable bonds is 7. The zero-order valence-electron chi connectivity index (χ0n) is 13.4. The van der Waals surface area contributed by atoms with Gasteiger partial charge in [-0.2, -0.15) is 0 Å². The number of benzene rings is 1. The summed E-state index contributed by atoms with van der Waals surface area (Å²) in [7, 11) is 0. The molecule has 2 rings (SSSR count). The van der Waals surface area contributed by atoms with Crippen LogP contribution in [0.1, 0.15) is 18.4 Å². The number of ketones is 2. The van der Waals surface area contributed by atoms with E-state index in [0.717, 1.165) is 25.9 Å². The number of allylic oxidation sites excluding steroid dienone is 2. The molecule has 24 heavy (non-hydrogen) atoms. The fourth-order valence-corrected chi connectivity index (χ4v) is 2.99. The van der Waals surface area contributed by atoms with Crippen molar-refractivity contribution in [2.24, 2.45) is 11.8 Å². The van der Waals surface area contributed by atoms with Crippen molar-refractivity contribution in [3.63, 3.8) is 0 Å². The zero-order chi connectivity index (χ0) is 17.7. The SMILES string of the molecule is C=CC(=O)C(C(=O)C(=C)c1ccc([N+](=O)[O-])cc1)C1CCNCC1. The van der Waals surface area contributed by atoms with Gasteiger partial charge in [-0.05, 0) is 55.6 Å². The summed E-state index contributed by atoms with van der Waals surface area (Å²) in [4.78, 5) is 35.3. The predicted molar refractivity (Wildman–Crippen MR) is 91.4 cm³/mol. The Labute approximate surface area is 140 Å². The number of nitrogens with zero attached hydrogens (tertiary/aromatic N) is 1. The second-order valence-corrected chi connectivity index (χ2v) is 5.82. The van der Waals surface area contributed by atoms with E-state index in [2.05, 4.69) is 18.5 Å². The van der Waals surface area contributed by atoms with Gasteiger partial charge in [0, 0.05) is 17.7 Å². The Morgan fingerprint density at radius 2 is 1.83 bits per heavy atom. The largest absolute Gasteiger partial charge is 0.317 e. The van der Waals surface area contributed by atoms with Gasteiger partial charge in [0.15, 0.2) is 11.6 Å². The highest BCUT2D eigenvalue weighted by Gasteiger charge is 2.35. The number of hydrogen-bond donors (Lipinski definition) is 1. The molecular formula is C18H20N2O4. The van der Waals surface area contributed by atoms with E-state index in [1.165, 1.54) is 30.3 Å². The third kappa shape index (κ3) is 3.83. The fourth-order valence-electron chi connectivity index (χ4n) is 2.99. The van der Waals surface area contributed by atoms with Gasteiger partial charge in [-0.3, -0.25) is 19.7 Å². The summed E-state index contributed by atoms with van der Waals surface area (Å²) < 4.78 is 0. The standard InChI is InChI=1S/C18H20N2O4/c1-3-16(21)17(14-8-10-19-11-9-14)18(22)12(2)13-4-6-15(7-5-13)20(23)24/h3-7,14,17,19H,1-2,8-11H2. The Bertz CT molecular complexity index is 673. The summed E-state index contributed by atoms with van der Waals surface area (Å²) in [5.41, 5.74) is 0.626. The van der Waals surface area contributed by atoms with Gasteiger partial charge in [-0.15, -0.1) is 0 Å². The first-order chi connectivity index (χ1) is 11.5. The van der Waals surface area contributed by atoms with E-state index in [-0.39, 0.29) is 28.7 Å². The molecule has 126 valence electrons. The molecule has 1 aliphatic rings. The number of hydrogen-bond acceptors (Lipinski definition) is 5. The van der Waals surface area contributed by atoms with E-state index in [9.17, 15) is 19.7 Å². The molecule has 1 N–H and O–H groups in total. The van der Waals surface area contributed by atoms with E-state index < -0.39 is 10.8 Å². The van der Waals surface area contributed by atoms with Crippen LogP contribution in [-0.4, -0.2) is 29.6 Å². The van der Waals surface area contributed by atoms with Crippen molar-refractivity contribution in [3.05, 3.63) is 59.2 Å². The molecule has 1 aromatic carbocycles. The Morgan fingerprint density at radius 1 is 1.25 bits per heavy atom. The van der Waals surface area contributed by atoms with Crippen LogP contribution in [0, 0.1) is 22.0 Å². The maximum Gasteiger partial charge on any atom is 0.269 e. The average Bonchev–Trinajstić information content (AvgIpc) is 2.62. The molecule has 1 saturated heterocycles. The number of nitro benzene ring substituents is 1. The first-order valence-corrected chi connectivity index (χ1v) is 7.80. The van der Waals surface area contributed by atoms with Crippen LogP contribution < -0.4 is 5.32 Å². The first kappa shape index (κ1) is 17.7. The predicted octanol–water partition coefficient (Wildman–Crippen LogP) is 2.55. The lowest BCUT2D eigenvalue weighted by atomic mass is 9.77. The van der Waals surface area contributed by atoms with Gasteiger partial charge < -0.3 is 5.32 Å². The lowest BCUT2D eigenvalue weighted by molar-refractivity contribution is -0.384. The summed E-state index contributed by atoms with van der Waals surface area (Å²) in [5, 5.41) is 13.9. The molecule has 0 saturated carbocycles. The van der Waals surface area contributed by atoms with Crippen LogP contribution in [0.15, 0.2) is 43.5 Å². The van der Waals surface area contributed by atoms with E-state index in [1.807, 2.05) is 0 Å². The highest BCUT2D eigenvalue weighted by atomic mass is 16.6. The van der Waals surface area contributed by atoms with E-state index in [0.29, 0.717) is 5.56 Å². The molecule has 0 radical (unpaired) electrons. The smallest absolute Gasteiger partial charge is 0.269 e. The minimum atomic E-state index is -0.785. The van der Waals surface area contributed by atoms with Crippen LogP contribution in [0.4, 0.5) is 5.69 Å². The van der Waals surface area contributed by atoms with Gasteiger partial charge in [-0.1, -0.05) is 13.2 Å².